The van der Waals surface area contributed by atoms with Crippen LogP contribution in [0.4, 0.5) is 11.5 Å². The second kappa shape index (κ2) is 9.22. The summed E-state index contributed by atoms with van der Waals surface area (Å²) < 4.78 is 6.79. The lowest BCUT2D eigenvalue weighted by atomic mass is 10.1. The van der Waals surface area contributed by atoms with E-state index in [2.05, 4.69) is 20.4 Å². The summed E-state index contributed by atoms with van der Waals surface area (Å²) in [4.78, 5) is 46.6. The fourth-order valence-electron chi connectivity index (χ4n) is 3.93. The van der Waals surface area contributed by atoms with Crippen molar-refractivity contribution in [2.24, 2.45) is 5.92 Å². The number of aromatic amines is 1. The van der Waals surface area contributed by atoms with Gasteiger partial charge in [-0.3, -0.25) is 19.4 Å². The van der Waals surface area contributed by atoms with Gasteiger partial charge < -0.3 is 14.6 Å². The maximum absolute atomic E-state index is 13.2. The normalized spacial score (nSPS) is 15.5. The van der Waals surface area contributed by atoms with Crippen molar-refractivity contribution < 1.29 is 14.0 Å². The Kier molecular flexibility index (Phi) is 5.96. The highest BCUT2D eigenvalue weighted by atomic mass is 35.5. The van der Waals surface area contributed by atoms with Gasteiger partial charge in [-0.15, -0.1) is 0 Å². The minimum absolute atomic E-state index is 0.0635. The fourth-order valence-corrected chi connectivity index (χ4v) is 4.06. The molecule has 4 heterocycles. The van der Waals surface area contributed by atoms with Crippen LogP contribution in [0, 0.1) is 5.92 Å². The second-order valence-electron chi connectivity index (χ2n) is 8.09. The van der Waals surface area contributed by atoms with Crippen LogP contribution in [0.5, 0.6) is 0 Å². The van der Waals surface area contributed by atoms with Crippen LogP contribution >= 0.6 is 11.6 Å². The van der Waals surface area contributed by atoms with Crippen molar-refractivity contribution in [2.75, 3.05) is 16.8 Å². The molecule has 0 saturated carbocycles. The molecule has 4 aromatic rings. The minimum Gasteiger partial charge on any atom is -0.463 e. The number of nitrogens with one attached hydrogen (secondary N) is 2. The molecular weight excluding hydrogens is 472 g/mol. The van der Waals surface area contributed by atoms with E-state index in [0.29, 0.717) is 34.3 Å². The van der Waals surface area contributed by atoms with Gasteiger partial charge in [0.15, 0.2) is 5.76 Å². The van der Waals surface area contributed by atoms with Crippen LogP contribution in [0.1, 0.15) is 19.0 Å². The Bertz CT molecular complexity index is 1440. The zero-order valence-electron chi connectivity index (χ0n) is 18.7. The third-order valence-corrected chi connectivity index (χ3v) is 5.97. The topological polar surface area (TPSA) is 126 Å². The predicted molar refractivity (Wildman–Crippen MR) is 130 cm³/mol. The lowest BCUT2D eigenvalue weighted by Crippen LogP contribution is -2.28. The number of amides is 2. The predicted octanol–water partition coefficient (Wildman–Crippen LogP) is 3.42. The van der Waals surface area contributed by atoms with Crippen LogP contribution in [0.25, 0.3) is 17.4 Å². The van der Waals surface area contributed by atoms with Gasteiger partial charge in [-0.2, -0.15) is 9.78 Å². The van der Waals surface area contributed by atoms with Crippen LogP contribution in [-0.2, 0) is 16.0 Å². The Hall–Kier alpha value is -4.18. The molecule has 1 unspecified atom stereocenters. The average Bonchev–Trinajstić information content (AvgIpc) is 3.59. The number of aromatic nitrogens is 4. The van der Waals surface area contributed by atoms with Crippen molar-refractivity contribution in [3.8, 4) is 17.4 Å². The van der Waals surface area contributed by atoms with Crippen molar-refractivity contribution in [1.29, 1.82) is 0 Å². The Morgan fingerprint density at radius 2 is 2.03 bits per heavy atom. The molecule has 2 amide bonds. The highest BCUT2D eigenvalue weighted by molar-refractivity contribution is 6.30. The number of carbonyl (C=O) groups excluding carboxylic acids is 2. The first-order chi connectivity index (χ1) is 16.9. The number of carbonyl (C=O) groups is 2. The Morgan fingerprint density at radius 3 is 2.74 bits per heavy atom. The van der Waals surface area contributed by atoms with Crippen LogP contribution < -0.4 is 15.8 Å². The number of aryl methyl sites for hydroxylation is 1. The summed E-state index contributed by atoms with van der Waals surface area (Å²) in [5.41, 5.74) is 1.37. The summed E-state index contributed by atoms with van der Waals surface area (Å²) >= 11 is 5.95. The fraction of sp³-hybridized carbons (Fsp3) is 0.208. The largest absolute Gasteiger partial charge is 0.463 e. The molecule has 11 heteroatoms. The van der Waals surface area contributed by atoms with Crippen LogP contribution in [0.2, 0.25) is 5.02 Å². The molecule has 5 rings (SSSR count). The van der Waals surface area contributed by atoms with Gasteiger partial charge in [-0.05, 0) is 42.8 Å². The highest BCUT2D eigenvalue weighted by Gasteiger charge is 2.35. The standard InChI is InChI=1S/C24H21ClN6O4/c1-2-16-11-21(32)28-24(26-16)31-20(12-18(29-31)19-4-3-9-35-19)27-23(34)14-10-22(33)30(13-14)17-7-5-15(25)6-8-17/h3-9,11-12,14H,2,10,13H2,1H3,(H,27,34)(H,26,28,32). The summed E-state index contributed by atoms with van der Waals surface area (Å²) in [6.45, 7) is 2.11. The molecule has 1 saturated heterocycles. The molecule has 1 aliphatic heterocycles. The average molecular weight is 493 g/mol. The van der Waals surface area contributed by atoms with Crippen molar-refractivity contribution in [1.82, 2.24) is 19.7 Å². The van der Waals surface area contributed by atoms with Gasteiger partial charge in [-0.1, -0.05) is 18.5 Å². The molecule has 1 aromatic carbocycles. The van der Waals surface area contributed by atoms with Crippen LogP contribution in [0.3, 0.4) is 0 Å². The SMILES string of the molecule is CCc1cc(=O)[nH]c(-n2nc(-c3ccco3)cc2NC(=O)C2CC(=O)N(c3ccc(Cl)cc3)C2)n1. The van der Waals surface area contributed by atoms with E-state index in [1.54, 1.807) is 47.4 Å². The molecule has 10 nitrogen and oxygen atoms in total. The van der Waals surface area contributed by atoms with Crippen molar-refractivity contribution in [2.45, 2.75) is 19.8 Å². The highest BCUT2D eigenvalue weighted by Crippen LogP contribution is 2.29. The van der Waals surface area contributed by atoms with Gasteiger partial charge in [0.2, 0.25) is 17.8 Å². The first-order valence-electron chi connectivity index (χ1n) is 11.0. The van der Waals surface area contributed by atoms with E-state index in [1.807, 2.05) is 6.92 Å². The van der Waals surface area contributed by atoms with E-state index in [1.165, 1.54) is 17.0 Å². The summed E-state index contributed by atoms with van der Waals surface area (Å²) in [6.07, 6.45) is 2.13. The summed E-state index contributed by atoms with van der Waals surface area (Å²) in [6, 6.07) is 13.4. The molecule has 0 aliphatic carbocycles. The molecule has 1 fully saturated rings. The van der Waals surface area contributed by atoms with Crippen LogP contribution in [-0.4, -0.2) is 38.1 Å². The Labute approximate surface area is 204 Å². The Morgan fingerprint density at radius 1 is 1.23 bits per heavy atom. The zero-order chi connectivity index (χ0) is 24.5. The van der Waals surface area contributed by atoms with E-state index >= 15 is 0 Å². The molecule has 35 heavy (non-hydrogen) atoms. The molecule has 0 spiro atoms. The van der Waals surface area contributed by atoms with Crippen molar-refractivity contribution in [3.05, 3.63) is 75.9 Å². The number of furan rings is 1. The maximum atomic E-state index is 13.2. The molecule has 1 aliphatic rings. The first kappa shape index (κ1) is 22.6. The number of nitrogens with zero attached hydrogens (tertiary/aromatic N) is 4. The summed E-state index contributed by atoms with van der Waals surface area (Å²) in [5, 5.41) is 7.90. The van der Waals surface area contributed by atoms with Gasteiger partial charge in [0, 0.05) is 41.5 Å². The van der Waals surface area contributed by atoms with Gasteiger partial charge in [0.05, 0.1) is 12.2 Å². The van der Waals surface area contributed by atoms with Gasteiger partial charge in [0.1, 0.15) is 11.5 Å². The number of H-pyrrole nitrogens is 1. The number of hydrogen-bond donors (Lipinski definition) is 2. The number of benzene rings is 1. The monoisotopic (exact) mass is 492 g/mol. The molecule has 178 valence electrons. The molecule has 0 bridgehead atoms. The van der Waals surface area contributed by atoms with E-state index in [9.17, 15) is 14.4 Å². The van der Waals surface area contributed by atoms with Gasteiger partial charge in [0.25, 0.3) is 5.56 Å². The van der Waals surface area contributed by atoms with Crippen molar-refractivity contribution in [3.63, 3.8) is 0 Å². The van der Waals surface area contributed by atoms with Crippen LogP contribution in [0.15, 0.2) is 64.0 Å². The number of rotatable bonds is 6. The third kappa shape index (κ3) is 4.60. The molecule has 2 N–H and O–H groups in total. The Balaban J connectivity index is 1.44. The second-order valence-corrected chi connectivity index (χ2v) is 8.53. The maximum Gasteiger partial charge on any atom is 0.252 e. The lowest BCUT2D eigenvalue weighted by molar-refractivity contribution is -0.122. The molecule has 3 aromatic heterocycles. The third-order valence-electron chi connectivity index (χ3n) is 5.71. The van der Waals surface area contributed by atoms with E-state index in [0.717, 1.165) is 0 Å². The molecule has 0 radical (unpaired) electrons. The number of hydrogen-bond acceptors (Lipinski definition) is 6. The summed E-state index contributed by atoms with van der Waals surface area (Å²) in [5.74, 6) is -0.154. The smallest absolute Gasteiger partial charge is 0.252 e. The van der Waals surface area contributed by atoms with Crippen molar-refractivity contribution >= 4 is 34.9 Å². The van der Waals surface area contributed by atoms with E-state index in [4.69, 9.17) is 16.0 Å². The van der Waals surface area contributed by atoms with E-state index in [-0.39, 0.29) is 42.1 Å². The number of anilines is 2. The minimum atomic E-state index is -0.581. The van der Waals surface area contributed by atoms with Gasteiger partial charge >= 0.3 is 0 Å². The number of halogens is 1. The zero-order valence-corrected chi connectivity index (χ0v) is 19.5. The van der Waals surface area contributed by atoms with Gasteiger partial charge in [-0.25, -0.2) is 4.98 Å². The lowest BCUT2D eigenvalue weighted by Gasteiger charge is -2.17. The molecule has 1 atom stereocenters. The first-order valence-corrected chi connectivity index (χ1v) is 11.4. The quantitative estimate of drug-likeness (QED) is 0.424. The summed E-state index contributed by atoms with van der Waals surface area (Å²) in [7, 11) is 0. The van der Waals surface area contributed by atoms with E-state index < -0.39 is 5.92 Å². The molecular formula is C24H21ClN6O4.